The number of para-hydroxylation sites is 2. The van der Waals surface area contributed by atoms with Gasteiger partial charge in [-0.3, -0.25) is 14.6 Å². The molecule has 0 radical (unpaired) electrons. The van der Waals surface area contributed by atoms with E-state index in [1.807, 2.05) is 58.3 Å². The van der Waals surface area contributed by atoms with Crippen LogP contribution < -0.4 is 15.2 Å². The normalized spacial score (nSPS) is 13.9. The van der Waals surface area contributed by atoms with Gasteiger partial charge in [-0.2, -0.15) is 0 Å². The number of carbonyl (C=O) groups is 1. The van der Waals surface area contributed by atoms with Crippen molar-refractivity contribution in [3.05, 3.63) is 94.8 Å². The van der Waals surface area contributed by atoms with Crippen molar-refractivity contribution in [2.45, 2.75) is 0 Å². The molecule has 5 rings (SSSR count). The lowest BCUT2D eigenvalue weighted by molar-refractivity contribution is 0.0746. The number of nitrogens with one attached hydrogen (secondary N) is 1. The number of H-pyrrole nitrogens is 1. The van der Waals surface area contributed by atoms with Gasteiger partial charge in [-0.15, -0.1) is 0 Å². The second-order valence-corrected chi connectivity index (χ2v) is 7.63. The van der Waals surface area contributed by atoms with Crippen molar-refractivity contribution < 1.29 is 9.53 Å². The topological polar surface area (TPSA) is 78.5 Å². The summed E-state index contributed by atoms with van der Waals surface area (Å²) < 4.78 is 5.79. The summed E-state index contributed by atoms with van der Waals surface area (Å²) in [6.45, 7) is 2.31. The van der Waals surface area contributed by atoms with E-state index >= 15 is 0 Å². The Morgan fingerprint density at radius 3 is 2.22 bits per heavy atom. The van der Waals surface area contributed by atoms with Gasteiger partial charge in [0.15, 0.2) is 0 Å². The number of piperazine rings is 1. The number of aromatic nitrogens is 2. The first-order valence-corrected chi connectivity index (χ1v) is 10.5. The number of aromatic amines is 1. The average molecular weight is 426 g/mol. The highest BCUT2D eigenvalue weighted by Crippen LogP contribution is 2.22. The summed E-state index contributed by atoms with van der Waals surface area (Å²) in [6, 6.07) is 24.0. The van der Waals surface area contributed by atoms with Gasteiger partial charge in [-0.1, -0.05) is 30.3 Å². The van der Waals surface area contributed by atoms with Gasteiger partial charge in [-0.25, -0.2) is 4.98 Å². The fourth-order valence-corrected chi connectivity index (χ4v) is 3.82. The van der Waals surface area contributed by atoms with Crippen molar-refractivity contribution in [1.29, 1.82) is 0 Å². The van der Waals surface area contributed by atoms with E-state index < -0.39 is 0 Å². The maximum absolute atomic E-state index is 12.9. The molecule has 1 fully saturated rings. The van der Waals surface area contributed by atoms with Gasteiger partial charge < -0.3 is 14.5 Å². The van der Waals surface area contributed by atoms with Gasteiger partial charge in [0, 0.05) is 31.7 Å². The molecule has 7 heteroatoms. The second kappa shape index (κ2) is 8.55. The Kier molecular flexibility index (Phi) is 5.29. The van der Waals surface area contributed by atoms with Crippen LogP contribution >= 0.6 is 0 Å². The minimum atomic E-state index is -0.151. The van der Waals surface area contributed by atoms with Gasteiger partial charge in [0.25, 0.3) is 11.5 Å². The fraction of sp³-hybridized carbons (Fsp3) is 0.160. The SMILES string of the molecule is O=C(c1ccc(Oc2ccccc2)cc1)N1CCN(c2nc3ccccc3c(=O)[nH]2)CC1. The Balaban J connectivity index is 1.23. The fourth-order valence-electron chi connectivity index (χ4n) is 3.82. The summed E-state index contributed by atoms with van der Waals surface area (Å²) in [5, 5.41) is 0.574. The third kappa shape index (κ3) is 4.05. The molecule has 32 heavy (non-hydrogen) atoms. The van der Waals surface area contributed by atoms with E-state index in [-0.39, 0.29) is 11.5 Å². The molecular weight excluding hydrogens is 404 g/mol. The van der Waals surface area contributed by atoms with Gasteiger partial charge in [0.1, 0.15) is 11.5 Å². The molecule has 1 saturated heterocycles. The zero-order valence-corrected chi connectivity index (χ0v) is 17.4. The minimum Gasteiger partial charge on any atom is -0.457 e. The van der Waals surface area contributed by atoms with E-state index in [0.29, 0.717) is 54.3 Å². The summed E-state index contributed by atoms with van der Waals surface area (Å²) >= 11 is 0. The maximum Gasteiger partial charge on any atom is 0.260 e. The summed E-state index contributed by atoms with van der Waals surface area (Å²) in [4.78, 5) is 36.6. The van der Waals surface area contributed by atoms with Crippen LogP contribution in [0.3, 0.4) is 0 Å². The number of rotatable bonds is 4. The van der Waals surface area contributed by atoms with Gasteiger partial charge in [0.05, 0.1) is 10.9 Å². The molecule has 0 spiro atoms. The Morgan fingerprint density at radius 1 is 0.812 bits per heavy atom. The zero-order valence-electron chi connectivity index (χ0n) is 17.4. The molecule has 0 aliphatic carbocycles. The van der Waals surface area contributed by atoms with E-state index in [1.165, 1.54) is 0 Å². The highest BCUT2D eigenvalue weighted by Gasteiger charge is 2.23. The van der Waals surface area contributed by atoms with Crippen LogP contribution in [-0.4, -0.2) is 47.0 Å². The number of hydrogen-bond donors (Lipinski definition) is 1. The predicted octanol–water partition coefficient (Wildman–Crippen LogP) is 3.68. The van der Waals surface area contributed by atoms with Crippen LogP contribution in [0.5, 0.6) is 11.5 Å². The Bertz CT molecular complexity index is 1290. The Hall–Kier alpha value is -4.13. The third-order valence-corrected chi connectivity index (χ3v) is 5.55. The maximum atomic E-state index is 12.9. The van der Waals surface area contributed by atoms with Crippen molar-refractivity contribution in [2.75, 3.05) is 31.1 Å². The number of hydrogen-bond acceptors (Lipinski definition) is 5. The smallest absolute Gasteiger partial charge is 0.260 e. The first kappa shape index (κ1) is 19.8. The number of anilines is 1. The van der Waals surface area contributed by atoms with E-state index in [9.17, 15) is 9.59 Å². The summed E-state index contributed by atoms with van der Waals surface area (Å²) in [6.07, 6.45) is 0. The quantitative estimate of drug-likeness (QED) is 0.539. The van der Waals surface area contributed by atoms with Crippen LogP contribution in [-0.2, 0) is 0 Å². The number of amides is 1. The highest BCUT2D eigenvalue weighted by atomic mass is 16.5. The Labute approximate surface area is 184 Å². The van der Waals surface area contributed by atoms with E-state index in [1.54, 1.807) is 30.3 Å². The van der Waals surface area contributed by atoms with Crippen molar-refractivity contribution in [3.8, 4) is 11.5 Å². The molecule has 1 aliphatic heterocycles. The summed E-state index contributed by atoms with van der Waals surface area (Å²) in [5.41, 5.74) is 1.14. The third-order valence-electron chi connectivity index (χ3n) is 5.55. The van der Waals surface area contributed by atoms with Gasteiger partial charge in [0.2, 0.25) is 5.95 Å². The molecule has 0 atom stereocenters. The molecule has 0 unspecified atom stereocenters. The lowest BCUT2D eigenvalue weighted by atomic mass is 10.1. The van der Waals surface area contributed by atoms with Crippen LogP contribution in [0, 0.1) is 0 Å². The van der Waals surface area contributed by atoms with E-state index in [2.05, 4.69) is 9.97 Å². The Morgan fingerprint density at radius 2 is 1.47 bits per heavy atom. The van der Waals surface area contributed by atoms with E-state index in [4.69, 9.17) is 4.74 Å². The molecule has 7 nitrogen and oxygen atoms in total. The second-order valence-electron chi connectivity index (χ2n) is 7.63. The van der Waals surface area contributed by atoms with Crippen molar-refractivity contribution >= 4 is 22.8 Å². The van der Waals surface area contributed by atoms with Crippen molar-refractivity contribution in [2.24, 2.45) is 0 Å². The highest BCUT2D eigenvalue weighted by molar-refractivity contribution is 5.94. The first-order chi connectivity index (χ1) is 15.7. The van der Waals surface area contributed by atoms with Crippen molar-refractivity contribution in [3.63, 3.8) is 0 Å². The molecule has 1 amide bonds. The number of carbonyl (C=O) groups excluding carboxylic acids is 1. The molecule has 3 aromatic carbocycles. The number of ether oxygens (including phenoxy) is 1. The zero-order chi connectivity index (χ0) is 21.9. The molecule has 0 saturated carbocycles. The minimum absolute atomic E-state index is 0.0177. The number of benzene rings is 3. The lowest BCUT2D eigenvalue weighted by Gasteiger charge is -2.35. The number of nitrogens with zero attached hydrogens (tertiary/aromatic N) is 3. The average Bonchev–Trinajstić information content (AvgIpc) is 2.85. The van der Waals surface area contributed by atoms with Crippen LogP contribution in [0.1, 0.15) is 10.4 Å². The van der Waals surface area contributed by atoms with Crippen LogP contribution in [0.4, 0.5) is 5.95 Å². The van der Waals surface area contributed by atoms with E-state index in [0.717, 1.165) is 5.75 Å². The summed E-state index contributed by atoms with van der Waals surface area (Å²) in [5.74, 6) is 1.96. The molecule has 2 heterocycles. The predicted molar refractivity (Wildman–Crippen MR) is 123 cm³/mol. The standard InChI is InChI=1S/C25H22N4O3/c30-23-21-8-4-5-9-22(21)26-25(27-23)29-16-14-28(15-17-29)24(31)18-10-12-20(13-11-18)32-19-6-2-1-3-7-19/h1-13H,14-17H2,(H,26,27,30). The lowest BCUT2D eigenvalue weighted by Crippen LogP contribution is -2.49. The molecule has 4 aromatic rings. The van der Waals surface area contributed by atoms with Gasteiger partial charge in [-0.05, 0) is 48.5 Å². The summed E-state index contributed by atoms with van der Waals surface area (Å²) in [7, 11) is 0. The van der Waals surface area contributed by atoms with Crippen LogP contribution in [0.25, 0.3) is 10.9 Å². The largest absolute Gasteiger partial charge is 0.457 e. The first-order valence-electron chi connectivity index (χ1n) is 10.5. The molecule has 1 aliphatic rings. The molecule has 1 N–H and O–H groups in total. The van der Waals surface area contributed by atoms with Crippen LogP contribution in [0.15, 0.2) is 83.7 Å². The number of fused-ring (bicyclic) bond motifs is 1. The molecule has 1 aromatic heterocycles. The van der Waals surface area contributed by atoms with Crippen molar-refractivity contribution in [1.82, 2.24) is 14.9 Å². The molecule has 0 bridgehead atoms. The molecule has 160 valence electrons. The van der Waals surface area contributed by atoms with Crippen LogP contribution in [0.2, 0.25) is 0 Å². The molecular formula is C25H22N4O3. The monoisotopic (exact) mass is 426 g/mol. The van der Waals surface area contributed by atoms with Gasteiger partial charge >= 0.3 is 0 Å².